The van der Waals surface area contributed by atoms with Crippen molar-refractivity contribution in [3.05, 3.63) is 64.2 Å². The molecule has 4 nitrogen and oxygen atoms in total. The van der Waals surface area contributed by atoms with Crippen molar-refractivity contribution < 1.29 is 13.2 Å². The first-order valence-corrected chi connectivity index (χ1v) is 8.14. The molecule has 0 unspecified atom stereocenters. The maximum Gasteiger partial charge on any atom is 0.416 e. The number of pyridine rings is 1. The molecule has 0 radical (unpaired) electrons. The van der Waals surface area contributed by atoms with Crippen LogP contribution in [0.2, 0.25) is 0 Å². The molecule has 0 bridgehead atoms. The summed E-state index contributed by atoms with van der Waals surface area (Å²) in [6.45, 7) is 5.34. The minimum absolute atomic E-state index is 0.131. The maximum atomic E-state index is 13.1. The Labute approximate surface area is 149 Å². The molecule has 0 saturated heterocycles. The van der Waals surface area contributed by atoms with E-state index in [9.17, 15) is 13.2 Å². The zero-order valence-corrected chi connectivity index (χ0v) is 15.0. The predicted molar refractivity (Wildman–Crippen MR) is 93.4 cm³/mol. The lowest BCUT2D eigenvalue weighted by Gasteiger charge is -2.13. The summed E-state index contributed by atoms with van der Waals surface area (Å²) in [7, 11) is 1.89. The second-order valence-electron chi connectivity index (χ2n) is 6.29. The van der Waals surface area contributed by atoms with Gasteiger partial charge in [0.15, 0.2) is 5.49 Å². The van der Waals surface area contributed by atoms with E-state index < -0.39 is 11.7 Å². The Hall–Kier alpha value is -2.70. The molecule has 3 rings (SSSR count). The van der Waals surface area contributed by atoms with Crippen molar-refractivity contribution in [2.24, 2.45) is 12.0 Å². The fourth-order valence-electron chi connectivity index (χ4n) is 2.90. The largest absolute Gasteiger partial charge is 0.416 e. The summed E-state index contributed by atoms with van der Waals surface area (Å²) < 4.78 is 41.2. The normalized spacial score (nSPS) is 12.8. The highest BCUT2D eigenvalue weighted by atomic mass is 19.4. The molecule has 2 heterocycles. The van der Waals surface area contributed by atoms with E-state index in [1.807, 2.05) is 31.5 Å². The molecule has 2 aromatic heterocycles. The standard InChI is InChI=1S/C19H19F3N4/c1-11-8-15-17(10-23-11)26(4)13(3)25-18(15)24-9-14-6-5-7-16(12(14)2)19(20,21)22/h5-8,10H,9H2,1-4H3. The molecule has 0 aliphatic rings. The summed E-state index contributed by atoms with van der Waals surface area (Å²) in [6, 6.07) is 6.06. The number of aryl methyl sites for hydroxylation is 3. The molecule has 0 spiro atoms. The highest BCUT2D eigenvalue weighted by molar-refractivity contribution is 5.77. The SMILES string of the molecule is Cc1cc2c(=NCc3cccc(C(F)(F)F)c3C)nc(C)n(C)c2cn1. The van der Waals surface area contributed by atoms with Crippen LogP contribution in [0.3, 0.4) is 0 Å². The molecule has 0 saturated carbocycles. The van der Waals surface area contributed by atoms with Crippen LogP contribution in [0.25, 0.3) is 10.9 Å². The van der Waals surface area contributed by atoms with Crippen molar-refractivity contribution >= 4 is 10.9 Å². The van der Waals surface area contributed by atoms with Gasteiger partial charge in [-0.1, -0.05) is 12.1 Å². The first-order chi connectivity index (χ1) is 12.2. The highest BCUT2D eigenvalue weighted by Crippen LogP contribution is 2.33. The molecular weight excluding hydrogens is 341 g/mol. The molecule has 0 fully saturated rings. The Morgan fingerprint density at radius 3 is 2.58 bits per heavy atom. The number of rotatable bonds is 2. The number of benzene rings is 1. The summed E-state index contributed by atoms with van der Waals surface area (Å²) >= 11 is 0. The topological polar surface area (TPSA) is 43.1 Å². The minimum Gasteiger partial charge on any atom is -0.331 e. The quantitative estimate of drug-likeness (QED) is 0.693. The first kappa shape index (κ1) is 18.1. The lowest BCUT2D eigenvalue weighted by atomic mass is 10.0. The summed E-state index contributed by atoms with van der Waals surface area (Å²) in [4.78, 5) is 13.3. The van der Waals surface area contributed by atoms with Gasteiger partial charge in [-0.2, -0.15) is 13.2 Å². The fraction of sp³-hybridized carbons (Fsp3) is 0.316. The Bertz CT molecular complexity index is 1050. The Kier molecular flexibility index (Phi) is 4.56. The van der Waals surface area contributed by atoms with Crippen LogP contribution in [0.15, 0.2) is 35.5 Å². The molecule has 0 atom stereocenters. The van der Waals surface area contributed by atoms with Gasteiger partial charge in [0.1, 0.15) is 5.82 Å². The van der Waals surface area contributed by atoms with E-state index in [-0.39, 0.29) is 12.1 Å². The Morgan fingerprint density at radius 2 is 1.88 bits per heavy atom. The van der Waals surface area contributed by atoms with Crippen LogP contribution in [-0.4, -0.2) is 14.5 Å². The molecule has 0 amide bonds. The van der Waals surface area contributed by atoms with Crippen molar-refractivity contribution in [2.75, 3.05) is 0 Å². The van der Waals surface area contributed by atoms with Gasteiger partial charge in [-0.15, -0.1) is 0 Å². The van der Waals surface area contributed by atoms with Gasteiger partial charge in [-0.3, -0.25) is 9.98 Å². The molecular formula is C19H19F3N4. The second kappa shape index (κ2) is 6.55. The zero-order valence-electron chi connectivity index (χ0n) is 15.0. The first-order valence-electron chi connectivity index (χ1n) is 8.14. The van der Waals surface area contributed by atoms with Crippen LogP contribution in [0, 0.1) is 20.8 Å². The predicted octanol–water partition coefficient (Wildman–Crippen LogP) is 4.01. The van der Waals surface area contributed by atoms with Crippen molar-refractivity contribution in [2.45, 2.75) is 33.5 Å². The molecule has 3 aromatic rings. The van der Waals surface area contributed by atoms with Crippen molar-refractivity contribution in [1.29, 1.82) is 0 Å². The van der Waals surface area contributed by atoms with Crippen molar-refractivity contribution in [1.82, 2.24) is 14.5 Å². The summed E-state index contributed by atoms with van der Waals surface area (Å²) in [6.07, 6.45) is -2.61. The zero-order chi connectivity index (χ0) is 19.1. The van der Waals surface area contributed by atoms with E-state index in [1.165, 1.54) is 13.0 Å². The van der Waals surface area contributed by atoms with Gasteiger partial charge in [0.05, 0.1) is 23.8 Å². The summed E-state index contributed by atoms with van der Waals surface area (Å²) in [5.41, 5.74) is 2.32. The monoisotopic (exact) mass is 360 g/mol. The van der Waals surface area contributed by atoms with Gasteiger partial charge in [0.25, 0.3) is 0 Å². The number of halogens is 3. The summed E-state index contributed by atoms with van der Waals surface area (Å²) in [5.74, 6) is 0.752. The third-order valence-corrected chi connectivity index (χ3v) is 4.53. The van der Waals surface area contributed by atoms with Crippen LogP contribution in [-0.2, 0) is 19.8 Å². The van der Waals surface area contributed by atoms with E-state index in [0.717, 1.165) is 28.5 Å². The molecule has 0 aliphatic heterocycles. The van der Waals surface area contributed by atoms with Gasteiger partial charge in [0, 0.05) is 18.1 Å². The Morgan fingerprint density at radius 1 is 1.15 bits per heavy atom. The van der Waals surface area contributed by atoms with Crippen LogP contribution in [0.4, 0.5) is 13.2 Å². The average molecular weight is 360 g/mol. The maximum absolute atomic E-state index is 13.1. The number of hydrogen-bond acceptors (Lipinski definition) is 3. The van der Waals surface area contributed by atoms with Crippen molar-refractivity contribution in [3.63, 3.8) is 0 Å². The molecule has 1 aromatic carbocycles. The number of aromatic nitrogens is 3. The van der Waals surface area contributed by atoms with Gasteiger partial charge in [-0.25, -0.2) is 4.98 Å². The number of nitrogens with zero attached hydrogens (tertiary/aromatic N) is 4. The van der Waals surface area contributed by atoms with E-state index in [4.69, 9.17) is 0 Å². The van der Waals surface area contributed by atoms with Gasteiger partial charge < -0.3 is 4.57 Å². The minimum atomic E-state index is -4.37. The van der Waals surface area contributed by atoms with E-state index in [1.54, 1.807) is 12.3 Å². The smallest absolute Gasteiger partial charge is 0.331 e. The third-order valence-electron chi connectivity index (χ3n) is 4.53. The molecule has 0 N–H and O–H groups in total. The lowest BCUT2D eigenvalue weighted by molar-refractivity contribution is -0.138. The highest BCUT2D eigenvalue weighted by Gasteiger charge is 2.32. The van der Waals surface area contributed by atoms with E-state index in [0.29, 0.717) is 11.1 Å². The van der Waals surface area contributed by atoms with Gasteiger partial charge in [0.2, 0.25) is 0 Å². The average Bonchev–Trinajstić information content (AvgIpc) is 2.56. The van der Waals surface area contributed by atoms with E-state index >= 15 is 0 Å². The van der Waals surface area contributed by atoms with Crippen LogP contribution in [0.5, 0.6) is 0 Å². The summed E-state index contributed by atoms with van der Waals surface area (Å²) in [5, 5.41) is 0.829. The van der Waals surface area contributed by atoms with Crippen LogP contribution >= 0.6 is 0 Å². The number of alkyl halides is 3. The van der Waals surface area contributed by atoms with Crippen molar-refractivity contribution in [3.8, 4) is 0 Å². The fourth-order valence-corrected chi connectivity index (χ4v) is 2.90. The van der Waals surface area contributed by atoms with E-state index in [2.05, 4.69) is 15.0 Å². The number of hydrogen-bond donors (Lipinski definition) is 0. The van der Waals surface area contributed by atoms with Gasteiger partial charge >= 0.3 is 6.18 Å². The second-order valence-corrected chi connectivity index (χ2v) is 6.29. The van der Waals surface area contributed by atoms with Crippen LogP contribution < -0.4 is 5.49 Å². The molecule has 0 aliphatic carbocycles. The van der Waals surface area contributed by atoms with Gasteiger partial charge in [-0.05, 0) is 44.0 Å². The van der Waals surface area contributed by atoms with Crippen LogP contribution in [0.1, 0.15) is 28.2 Å². The lowest BCUT2D eigenvalue weighted by Crippen LogP contribution is -2.17. The Balaban J connectivity index is 2.13. The molecule has 26 heavy (non-hydrogen) atoms. The molecule has 136 valence electrons. The molecule has 7 heteroatoms. The third kappa shape index (κ3) is 3.34. The number of fused-ring (bicyclic) bond motifs is 1.